The topological polar surface area (TPSA) is 84.6 Å². The summed E-state index contributed by atoms with van der Waals surface area (Å²) < 4.78 is 0. The third kappa shape index (κ3) is 3.89. The number of nitrogens with zero attached hydrogens (tertiary/aromatic N) is 3. The highest BCUT2D eigenvalue weighted by atomic mass is 16.3. The fourth-order valence-electron chi connectivity index (χ4n) is 5.08. The Labute approximate surface area is 189 Å². The van der Waals surface area contributed by atoms with Gasteiger partial charge in [0.2, 0.25) is 5.91 Å². The maximum absolute atomic E-state index is 12.9. The van der Waals surface area contributed by atoms with E-state index in [4.69, 9.17) is 0 Å². The molecule has 1 saturated heterocycles. The van der Waals surface area contributed by atoms with Crippen LogP contribution in [0.15, 0.2) is 48.5 Å². The van der Waals surface area contributed by atoms with Gasteiger partial charge in [0.15, 0.2) is 0 Å². The number of aliphatic hydroxyl groups excluding tert-OH is 1. The molecule has 1 aliphatic heterocycles. The predicted molar refractivity (Wildman–Crippen MR) is 122 cm³/mol. The summed E-state index contributed by atoms with van der Waals surface area (Å²) in [5.41, 5.74) is 3.47. The quantitative estimate of drug-likeness (QED) is 0.786. The predicted octanol–water partition coefficient (Wildman–Crippen LogP) is 3.42. The monoisotopic (exact) mass is 431 g/mol. The van der Waals surface area contributed by atoms with Crippen LogP contribution in [0.5, 0.6) is 0 Å². The third-order valence-corrected chi connectivity index (χ3v) is 6.83. The number of hydrogen-bond acceptors (Lipinski definition) is 4. The number of carbonyl (C=O) groups is 2. The van der Waals surface area contributed by atoms with Gasteiger partial charge in [-0.25, -0.2) is 0 Å². The van der Waals surface area contributed by atoms with Gasteiger partial charge in [0.05, 0.1) is 18.7 Å². The van der Waals surface area contributed by atoms with Gasteiger partial charge in [-0.05, 0) is 41.7 Å². The molecule has 0 spiro atoms. The van der Waals surface area contributed by atoms with Crippen molar-refractivity contribution in [2.45, 2.75) is 43.7 Å². The molecule has 1 heterocycles. The van der Waals surface area contributed by atoms with E-state index in [1.165, 1.54) is 0 Å². The van der Waals surface area contributed by atoms with E-state index in [2.05, 4.69) is 6.07 Å². The summed E-state index contributed by atoms with van der Waals surface area (Å²) in [6.45, 7) is -0.155. The Kier molecular flexibility index (Phi) is 6.29. The summed E-state index contributed by atoms with van der Waals surface area (Å²) in [6.07, 6.45) is 3.86. The van der Waals surface area contributed by atoms with Crippen LogP contribution in [-0.2, 0) is 4.79 Å². The van der Waals surface area contributed by atoms with Crippen molar-refractivity contribution in [3.05, 3.63) is 59.7 Å². The van der Waals surface area contributed by atoms with Crippen LogP contribution in [0.1, 0.15) is 47.5 Å². The summed E-state index contributed by atoms with van der Waals surface area (Å²) in [5, 5.41) is 19.8. The number of rotatable bonds is 5. The van der Waals surface area contributed by atoms with Crippen molar-refractivity contribution in [3.8, 4) is 17.2 Å². The Hall–Kier alpha value is -3.17. The lowest BCUT2D eigenvalue weighted by Crippen LogP contribution is -2.66. The summed E-state index contributed by atoms with van der Waals surface area (Å²) in [4.78, 5) is 28.4. The largest absolute Gasteiger partial charge is 0.394 e. The van der Waals surface area contributed by atoms with Crippen molar-refractivity contribution in [1.29, 1.82) is 5.26 Å². The van der Waals surface area contributed by atoms with Gasteiger partial charge in [-0.15, -0.1) is 0 Å². The van der Waals surface area contributed by atoms with Crippen LogP contribution in [0.3, 0.4) is 0 Å². The lowest BCUT2D eigenvalue weighted by Gasteiger charge is -2.52. The van der Waals surface area contributed by atoms with Gasteiger partial charge in [0.25, 0.3) is 5.91 Å². The highest BCUT2D eigenvalue weighted by Crippen LogP contribution is 2.43. The smallest absolute Gasteiger partial charge is 0.253 e. The van der Waals surface area contributed by atoms with Crippen molar-refractivity contribution in [2.75, 3.05) is 20.7 Å². The zero-order valence-corrected chi connectivity index (χ0v) is 18.6. The zero-order chi connectivity index (χ0) is 22.8. The highest BCUT2D eigenvalue weighted by Gasteiger charge is 2.52. The molecule has 2 aliphatic rings. The first-order valence-electron chi connectivity index (χ1n) is 11.2. The molecule has 32 heavy (non-hydrogen) atoms. The minimum Gasteiger partial charge on any atom is -0.394 e. The van der Waals surface area contributed by atoms with E-state index in [1.54, 1.807) is 30.0 Å². The molecule has 4 rings (SSSR count). The number of hydrogen-bond donors (Lipinski definition) is 1. The number of amides is 2. The Morgan fingerprint density at radius 1 is 1.09 bits per heavy atom. The summed E-state index contributed by atoms with van der Waals surface area (Å²) >= 11 is 0. The third-order valence-electron chi connectivity index (χ3n) is 6.83. The van der Waals surface area contributed by atoms with E-state index in [-0.39, 0.29) is 36.3 Å². The number of benzene rings is 2. The van der Waals surface area contributed by atoms with Crippen molar-refractivity contribution in [1.82, 2.24) is 9.80 Å². The van der Waals surface area contributed by atoms with E-state index >= 15 is 0 Å². The molecule has 2 aromatic rings. The molecule has 166 valence electrons. The first kappa shape index (κ1) is 22.0. The molecule has 1 saturated carbocycles. The van der Waals surface area contributed by atoms with Gasteiger partial charge in [0, 0.05) is 31.5 Å². The first-order chi connectivity index (χ1) is 15.5. The summed E-state index contributed by atoms with van der Waals surface area (Å²) in [5.74, 6) is -0.248. The van der Waals surface area contributed by atoms with Gasteiger partial charge in [0.1, 0.15) is 6.04 Å². The van der Waals surface area contributed by atoms with E-state index < -0.39 is 6.04 Å². The minimum atomic E-state index is -0.549. The molecule has 6 nitrogen and oxygen atoms in total. The first-order valence-corrected chi connectivity index (χ1v) is 11.2. The molecule has 2 aromatic carbocycles. The van der Waals surface area contributed by atoms with Crippen molar-refractivity contribution < 1.29 is 14.7 Å². The second kappa shape index (κ2) is 9.13. The fraction of sp³-hybridized carbons (Fsp3) is 0.423. The molecule has 0 aromatic heterocycles. The number of likely N-dealkylation sites (tertiary alicyclic amines) is 1. The molecule has 0 bridgehead atoms. The van der Waals surface area contributed by atoms with Crippen molar-refractivity contribution >= 4 is 11.8 Å². The molecular formula is C26H29N3O3. The summed E-state index contributed by atoms with van der Waals surface area (Å²) in [7, 11) is 3.46. The van der Waals surface area contributed by atoms with Gasteiger partial charge in [-0.2, -0.15) is 5.26 Å². The normalized spacial score (nSPS) is 22.8. The second-order valence-electron chi connectivity index (χ2n) is 8.98. The zero-order valence-electron chi connectivity index (χ0n) is 18.6. The summed E-state index contributed by atoms with van der Waals surface area (Å²) in [6, 6.07) is 16.8. The highest BCUT2D eigenvalue weighted by molar-refractivity contribution is 5.95. The van der Waals surface area contributed by atoms with Gasteiger partial charge in [-0.3, -0.25) is 9.59 Å². The lowest BCUT2D eigenvalue weighted by atomic mass is 9.74. The van der Waals surface area contributed by atoms with Gasteiger partial charge < -0.3 is 14.9 Å². The molecule has 1 aliphatic carbocycles. The van der Waals surface area contributed by atoms with E-state index in [9.17, 15) is 20.0 Å². The average molecular weight is 432 g/mol. The van der Waals surface area contributed by atoms with Crippen LogP contribution in [0.2, 0.25) is 0 Å². The number of nitriles is 1. The lowest BCUT2D eigenvalue weighted by molar-refractivity contribution is -0.151. The second-order valence-corrected chi connectivity index (χ2v) is 8.98. The molecule has 6 heteroatoms. The van der Waals surface area contributed by atoms with Gasteiger partial charge >= 0.3 is 0 Å². The Bertz CT molecular complexity index is 1040. The van der Waals surface area contributed by atoms with E-state index in [1.807, 2.05) is 42.5 Å². The van der Waals surface area contributed by atoms with E-state index in [0.717, 1.165) is 42.4 Å². The van der Waals surface area contributed by atoms with Crippen LogP contribution < -0.4 is 0 Å². The van der Waals surface area contributed by atoms with Crippen LogP contribution in [0.25, 0.3) is 11.1 Å². The molecular weight excluding hydrogens is 402 g/mol. The fourth-order valence-corrected chi connectivity index (χ4v) is 5.08. The number of aliphatic hydroxyl groups is 1. The Morgan fingerprint density at radius 3 is 2.38 bits per heavy atom. The van der Waals surface area contributed by atoms with E-state index in [0.29, 0.717) is 5.56 Å². The van der Waals surface area contributed by atoms with Crippen LogP contribution in [0.4, 0.5) is 0 Å². The maximum Gasteiger partial charge on any atom is 0.253 e. The molecule has 0 radical (unpaired) electrons. The van der Waals surface area contributed by atoms with Crippen LogP contribution >= 0.6 is 0 Å². The van der Waals surface area contributed by atoms with Crippen LogP contribution in [-0.4, -0.2) is 59.5 Å². The Morgan fingerprint density at radius 2 is 1.78 bits per heavy atom. The van der Waals surface area contributed by atoms with Crippen molar-refractivity contribution in [3.63, 3.8) is 0 Å². The molecule has 2 amide bonds. The molecule has 1 N–H and O–H groups in total. The van der Waals surface area contributed by atoms with Crippen LogP contribution in [0, 0.1) is 17.2 Å². The molecule has 3 atom stereocenters. The molecule has 0 unspecified atom stereocenters. The molecule has 2 fully saturated rings. The minimum absolute atomic E-state index is 0.0135. The van der Waals surface area contributed by atoms with Crippen molar-refractivity contribution in [2.24, 2.45) is 5.92 Å². The number of carbonyl (C=O) groups excluding carboxylic acids is 2. The Balaban J connectivity index is 1.55. The van der Waals surface area contributed by atoms with Gasteiger partial charge in [-0.1, -0.05) is 49.2 Å². The average Bonchev–Trinajstić information content (AvgIpc) is 3.34. The SMILES string of the molecule is CN(C)C(=O)c1cccc(-c2ccc([C@H]3[C@@H](CO)N(C(=O)C4CCCC4)[C@H]3C#N)cc2)c1. The standard InChI is InChI=1S/C26H29N3O3/c1-28(2)25(31)21-9-5-8-20(14-21)17-10-12-18(13-11-17)24-22(15-27)29(23(24)16-30)26(32)19-6-3-4-7-19/h5,8-14,19,22-24,30H,3-4,6-7,16H2,1-2H3/t22-,23+,24+/m0/s1. The maximum atomic E-state index is 12.9.